The zero-order valence-electron chi connectivity index (χ0n) is 11.4. The molecule has 0 heterocycles. The van der Waals surface area contributed by atoms with E-state index >= 15 is 0 Å². The molecule has 0 aromatic heterocycles. The van der Waals surface area contributed by atoms with Gasteiger partial charge in [0.15, 0.2) is 0 Å². The molecule has 1 amide bonds. The molecule has 0 aliphatic carbocycles. The van der Waals surface area contributed by atoms with Crippen molar-refractivity contribution in [2.45, 2.75) is 6.92 Å². The van der Waals surface area contributed by atoms with E-state index in [-0.39, 0.29) is 11.6 Å². The summed E-state index contributed by atoms with van der Waals surface area (Å²) in [6, 6.07) is 12.5. The molecule has 0 saturated heterocycles. The van der Waals surface area contributed by atoms with E-state index in [9.17, 15) is 14.9 Å². The number of nitrogens with zero attached hydrogens (tertiary/aromatic N) is 1. The number of carbonyl (C=O) groups is 1. The number of nitrogens with one attached hydrogen (secondary N) is 1. The van der Waals surface area contributed by atoms with Crippen LogP contribution in [-0.4, -0.2) is 17.4 Å². The van der Waals surface area contributed by atoms with Crippen LogP contribution in [0.1, 0.15) is 17.3 Å². The van der Waals surface area contributed by atoms with E-state index in [1.807, 2.05) is 6.92 Å². The number of anilines is 1. The molecular formula is C15H14N2O4. The van der Waals surface area contributed by atoms with Crippen molar-refractivity contribution in [3.8, 4) is 5.75 Å². The van der Waals surface area contributed by atoms with Gasteiger partial charge in [0.1, 0.15) is 5.75 Å². The summed E-state index contributed by atoms with van der Waals surface area (Å²) in [4.78, 5) is 22.3. The Hall–Kier alpha value is -2.89. The minimum Gasteiger partial charge on any atom is -0.494 e. The Labute approximate surface area is 121 Å². The molecule has 6 heteroatoms. The van der Waals surface area contributed by atoms with E-state index in [4.69, 9.17) is 4.74 Å². The van der Waals surface area contributed by atoms with Crippen molar-refractivity contribution < 1.29 is 14.5 Å². The maximum atomic E-state index is 12.1. The highest BCUT2D eigenvalue weighted by Crippen LogP contribution is 2.19. The van der Waals surface area contributed by atoms with Crippen LogP contribution in [0.5, 0.6) is 5.75 Å². The highest BCUT2D eigenvalue weighted by atomic mass is 16.6. The Balaban J connectivity index is 2.16. The SMILES string of the molecule is CCOc1cccc(C(=O)Nc2cccc([N+](=O)[O-])c2)c1. The van der Waals surface area contributed by atoms with Gasteiger partial charge in [-0.3, -0.25) is 14.9 Å². The smallest absolute Gasteiger partial charge is 0.271 e. The van der Waals surface area contributed by atoms with Crippen LogP contribution in [0.4, 0.5) is 11.4 Å². The lowest BCUT2D eigenvalue weighted by molar-refractivity contribution is -0.384. The first kappa shape index (κ1) is 14.5. The number of hydrogen-bond acceptors (Lipinski definition) is 4. The van der Waals surface area contributed by atoms with Crippen LogP contribution in [0.25, 0.3) is 0 Å². The number of ether oxygens (including phenoxy) is 1. The van der Waals surface area contributed by atoms with E-state index in [1.165, 1.54) is 18.2 Å². The Bertz CT molecular complexity index is 670. The third kappa shape index (κ3) is 3.79. The zero-order chi connectivity index (χ0) is 15.2. The number of hydrogen-bond donors (Lipinski definition) is 1. The van der Waals surface area contributed by atoms with Crippen LogP contribution < -0.4 is 10.1 Å². The lowest BCUT2D eigenvalue weighted by Gasteiger charge is -2.07. The van der Waals surface area contributed by atoms with Crippen molar-refractivity contribution in [1.82, 2.24) is 0 Å². The maximum absolute atomic E-state index is 12.1. The third-order valence-electron chi connectivity index (χ3n) is 2.72. The molecule has 0 aliphatic rings. The summed E-state index contributed by atoms with van der Waals surface area (Å²) < 4.78 is 5.33. The van der Waals surface area contributed by atoms with Gasteiger partial charge in [-0.2, -0.15) is 0 Å². The summed E-state index contributed by atoms with van der Waals surface area (Å²) >= 11 is 0. The van der Waals surface area contributed by atoms with Crippen molar-refractivity contribution >= 4 is 17.3 Å². The fourth-order valence-electron chi connectivity index (χ4n) is 1.79. The molecule has 21 heavy (non-hydrogen) atoms. The van der Waals surface area contributed by atoms with Gasteiger partial charge in [0.2, 0.25) is 0 Å². The first-order valence-corrected chi connectivity index (χ1v) is 6.39. The van der Waals surface area contributed by atoms with Crippen LogP contribution in [0.15, 0.2) is 48.5 Å². The first-order valence-electron chi connectivity index (χ1n) is 6.39. The summed E-state index contributed by atoms with van der Waals surface area (Å²) in [6.07, 6.45) is 0. The van der Waals surface area contributed by atoms with Gasteiger partial charge < -0.3 is 10.1 Å². The minimum absolute atomic E-state index is 0.0733. The van der Waals surface area contributed by atoms with E-state index in [2.05, 4.69) is 5.32 Å². The number of amides is 1. The lowest BCUT2D eigenvalue weighted by atomic mass is 10.2. The molecule has 2 aromatic rings. The second-order valence-electron chi connectivity index (χ2n) is 4.22. The van der Waals surface area contributed by atoms with Crippen molar-refractivity contribution in [3.63, 3.8) is 0 Å². The molecule has 1 N–H and O–H groups in total. The molecule has 0 atom stereocenters. The second kappa shape index (κ2) is 6.51. The maximum Gasteiger partial charge on any atom is 0.271 e. The summed E-state index contributed by atoms with van der Waals surface area (Å²) in [5.41, 5.74) is 0.722. The van der Waals surface area contributed by atoms with Crippen molar-refractivity contribution in [1.29, 1.82) is 0 Å². The molecule has 0 spiro atoms. The van der Waals surface area contributed by atoms with Gasteiger partial charge in [0, 0.05) is 23.4 Å². The number of carbonyl (C=O) groups excluding carboxylic acids is 1. The van der Waals surface area contributed by atoms with Crippen LogP contribution in [-0.2, 0) is 0 Å². The van der Waals surface area contributed by atoms with Crippen molar-refractivity contribution in [3.05, 3.63) is 64.2 Å². The zero-order valence-corrected chi connectivity index (χ0v) is 11.4. The normalized spacial score (nSPS) is 9.95. The number of non-ortho nitro benzene ring substituents is 1. The third-order valence-corrected chi connectivity index (χ3v) is 2.72. The Morgan fingerprint density at radius 3 is 2.71 bits per heavy atom. The Morgan fingerprint density at radius 2 is 2.00 bits per heavy atom. The first-order chi connectivity index (χ1) is 10.1. The molecule has 0 fully saturated rings. The van der Waals surface area contributed by atoms with E-state index in [1.54, 1.807) is 30.3 Å². The lowest BCUT2D eigenvalue weighted by Crippen LogP contribution is -2.12. The summed E-state index contributed by atoms with van der Waals surface area (Å²) in [5.74, 6) is 0.251. The monoisotopic (exact) mass is 286 g/mol. The van der Waals surface area contributed by atoms with Gasteiger partial charge >= 0.3 is 0 Å². The molecule has 2 aromatic carbocycles. The number of nitro benzene ring substituents is 1. The predicted molar refractivity (Wildman–Crippen MR) is 78.7 cm³/mol. The van der Waals surface area contributed by atoms with Crippen LogP contribution in [0.3, 0.4) is 0 Å². The van der Waals surface area contributed by atoms with Crippen molar-refractivity contribution in [2.75, 3.05) is 11.9 Å². The highest BCUT2D eigenvalue weighted by Gasteiger charge is 2.10. The summed E-state index contributed by atoms with van der Waals surface area (Å²) in [6.45, 7) is 2.37. The molecular weight excluding hydrogens is 272 g/mol. The molecule has 2 rings (SSSR count). The highest BCUT2D eigenvalue weighted by molar-refractivity contribution is 6.04. The summed E-state index contributed by atoms with van der Waals surface area (Å²) in [7, 11) is 0. The van der Waals surface area contributed by atoms with Crippen LogP contribution in [0, 0.1) is 10.1 Å². The molecule has 0 bridgehead atoms. The quantitative estimate of drug-likeness (QED) is 0.675. The Kier molecular flexibility index (Phi) is 4.50. The van der Waals surface area contributed by atoms with Gasteiger partial charge in [-0.15, -0.1) is 0 Å². The average Bonchev–Trinajstić information content (AvgIpc) is 2.48. The molecule has 0 aliphatic heterocycles. The van der Waals surface area contributed by atoms with Gasteiger partial charge in [-0.25, -0.2) is 0 Å². The Morgan fingerprint density at radius 1 is 1.24 bits per heavy atom. The molecule has 0 unspecified atom stereocenters. The van der Waals surface area contributed by atoms with Gasteiger partial charge in [-0.05, 0) is 31.2 Å². The van der Waals surface area contributed by atoms with E-state index < -0.39 is 4.92 Å². The average molecular weight is 286 g/mol. The van der Waals surface area contributed by atoms with Crippen molar-refractivity contribution in [2.24, 2.45) is 0 Å². The molecule has 0 radical (unpaired) electrons. The van der Waals surface area contributed by atoms with E-state index in [0.29, 0.717) is 23.6 Å². The molecule has 108 valence electrons. The number of benzene rings is 2. The van der Waals surface area contributed by atoms with Gasteiger partial charge in [0.05, 0.1) is 11.5 Å². The fourth-order valence-corrected chi connectivity index (χ4v) is 1.79. The predicted octanol–water partition coefficient (Wildman–Crippen LogP) is 3.25. The molecule has 6 nitrogen and oxygen atoms in total. The van der Waals surface area contributed by atoms with E-state index in [0.717, 1.165) is 0 Å². The summed E-state index contributed by atoms with van der Waals surface area (Å²) in [5, 5.41) is 13.3. The minimum atomic E-state index is -0.509. The number of rotatable bonds is 5. The molecule has 0 saturated carbocycles. The fraction of sp³-hybridized carbons (Fsp3) is 0.133. The second-order valence-corrected chi connectivity index (χ2v) is 4.22. The number of nitro groups is 1. The largest absolute Gasteiger partial charge is 0.494 e. The van der Waals surface area contributed by atoms with Crippen LogP contribution >= 0.6 is 0 Å². The topological polar surface area (TPSA) is 81.5 Å². The van der Waals surface area contributed by atoms with Gasteiger partial charge in [-0.1, -0.05) is 12.1 Å². The van der Waals surface area contributed by atoms with Gasteiger partial charge in [0.25, 0.3) is 11.6 Å². The standard InChI is InChI=1S/C15H14N2O4/c1-2-21-14-8-3-5-11(9-14)15(18)16-12-6-4-7-13(10-12)17(19)20/h3-10H,2H2,1H3,(H,16,18). The van der Waals surface area contributed by atoms with Crippen LogP contribution in [0.2, 0.25) is 0 Å².